The molecule has 0 aliphatic carbocycles. The highest BCUT2D eigenvalue weighted by Gasteiger charge is 2.16. The van der Waals surface area contributed by atoms with Crippen molar-refractivity contribution in [2.75, 3.05) is 33.5 Å². The van der Waals surface area contributed by atoms with Gasteiger partial charge in [0.05, 0.1) is 6.54 Å². The van der Waals surface area contributed by atoms with Crippen LogP contribution in [0.3, 0.4) is 0 Å². The Balaban J connectivity index is 1.90. The van der Waals surface area contributed by atoms with E-state index in [-0.39, 0.29) is 12.7 Å². The summed E-state index contributed by atoms with van der Waals surface area (Å²) >= 11 is 0. The maximum Gasteiger partial charge on any atom is 0.237 e. The van der Waals surface area contributed by atoms with Crippen LogP contribution in [0.25, 0.3) is 0 Å². The Hall–Kier alpha value is -2.01. The third kappa shape index (κ3) is 4.24. The van der Waals surface area contributed by atoms with Crippen LogP contribution in [-0.4, -0.2) is 49.2 Å². The van der Waals surface area contributed by atoms with Crippen LogP contribution in [-0.2, 0) is 11.3 Å². The lowest BCUT2D eigenvalue weighted by atomic mass is 10.2. The fraction of sp³-hybridized carbons (Fsp3) is 0.471. The van der Waals surface area contributed by atoms with Crippen LogP contribution in [0.1, 0.15) is 19.4 Å². The van der Waals surface area contributed by atoms with Gasteiger partial charge in [-0.1, -0.05) is 18.2 Å². The molecule has 0 bridgehead atoms. The lowest BCUT2D eigenvalue weighted by Gasteiger charge is -2.24. The van der Waals surface area contributed by atoms with E-state index in [4.69, 9.17) is 9.47 Å². The van der Waals surface area contributed by atoms with Crippen LogP contribution >= 0.6 is 0 Å². The van der Waals surface area contributed by atoms with E-state index < -0.39 is 0 Å². The molecule has 5 nitrogen and oxygen atoms in total. The number of fused-ring (bicyclic) bond motifs is 1. The third-order valence-corrected chi connectivity index (χ3v) is 3.49. The minimum Gasteiger partial charge on any atom is -0.454 e. The molecular weight excluding hydrogens is 280 g/mol. The van der Waals surface area contributed by atoms with Crippen LogP contribution in [0.15, 0.2) is 30.4 Å². The van der Waals surface area contributed by atoms with E-state index in [9.17, 15) is 4.79 Å². The predicted octanol–water partition coefficient (Wildman–Crippen LogP) is 2.27. The highest BCUT2D eigenvalue weighted by Crippen LogP contribution is 2.32. The molecule has 0 atom stereocenters. The summed E-state index contributed by atoms with van der Waals surface area (Å²) in [6.45, 7) is 10.5. The minimum atomic E-state index is 0.119. The SMILES string of the molecule is C=C(C)CN(CC)C(=O)CN(C)Cc1ccc2c(c1)OCO2. The van der Waals surface area contributed by atoms with E-state index in [1.165, 1.54) is 0 Å². The largest absolute Gasteiger partial charge is 0.454 e. The van der Waals surface area contributed by atoms with Crippen LogP contribution < -0.4 is 9.47 Å². The van der Waals surface area contributed by atoms with Crippen molar-refractivity contribution in [3.8, 4) is 11.5 Å². The highest BCUT2D eigenvalue weighted by molar-refractivity contribution is 5.78. The lowest BCUT2D eigenvalue weighted by Crippen LogP contribution is -2.39. The predicted molar refractivity (Wildman–Crippen MR) is 86.0 cm³/mol. The summed E-state index contributed by atoms with van der Waals surface area (Å²) in [5, 5.41) is 0. The van der Waals surface area contributed by atoms with E-state index >= 15 is 0 Å². The zero-order chi connectivity index (χ0) is 16.1. The van der Waals surface area contributed by atoms with Gasteiger partial charge in [-0.25, -0.2) is 0 Å². The van der Waals surface area contributed by atoms with Crippen molar-refractivity contribution in [3.63, 3.8) is 0 Å². The van der Waals surface area contributed by atoms with E-state index in [2.05, 4.69) is 6.58 Å². The molecule has 0 aromatic heterocycles. The molecule has 5 heteroatoms. The Bertz CT molecular complexity index is 557. The molecule has 22 heavy (non-hydrogen) atoms. The summed E-state index contributed by atoms with van der Waals surface area (Å²) in [5.41, 5.74) is 2.09. The molecule has 0 N–H and O–H groups in total. The third-order valence-electron chi connectivity index (χ3n) is 3.49. The maximum absolute atomic E-state index is 12.3. The molecule has 0 radical (unpaired) electrons. The normalized spacial score (nSPS) is 12.5. The Kier molecular flexibility index (Phi) is 5.44. The topological polar surface area (TPSA) is 42.0 Å². The van der Waals surface area contributed by atoms with E-state index in [0.717, 1.165) is 22.6 Å². The summed E-state index contributed by atoms with van der Waals surface area (Å²) in [5.74, 6) is 1.67. The lowest BCUT2D eigenvalue weighted by molar-refractivity contribution is -0.131. The summed E-state index contributed by atoms with van der Waals surface area (Å²) < 4.78 is 10.7. The summed E-state index contributed by atoms with van der Waals surface area (Å²) in [6, 6.07) is 5.88. The zero-order valence-corrected chi connectivity index (χ0v) is 13.6. The Morgan fingerprint density at radius 2 is 2.00 bits per heavy atom. The fourth-order valence-electron chi connectivity index (χ4n) is 2.44. The molecule has 0 saturated heterocycles. The molecular formula is C17H24N2O3. The molecule has 1 aromatic rings. The molecule has 2 rings (SSSR count). The van der Waals surface area contributed by atoms with E-state index in [1.807, 2.05) is 48.9 Å². The number of likely N-dealkylation sites (N-methyl/N-ethyl adjacent to an activating group) is 2. The van der Waals surface area contributed by atoms with Crippen molar-refractivity contribution >= 4 is 5.91 Å². The number of carbonyl (C=O) groups excluding carboxylic acids is 1. The van der Waals surface area contributed by atoms with Gasteiger partial charge >= 0.3 is 0 Å². The maximum atomic E-state index is 12.3. The van der Waals surface area contributed by atoms with Gasteiger partial charge in [0, 0.05) is 19.6 Å². The summed E-state index contributed by atoms with van der Waals surface area (Å²) in [4.78, 5) is 16.1. The molecule has 0 fully saturated rings. The quantitative estimate of drug-likeness (QED) is 0.725. The molecule has 1 amide bonds. The average molecular weight is 304 g/mol. The number of hydrogen-bond acceptors (Lipinski definition) is 4. The zero-order valence-electron chi connectivity index (χ0n) is 13.6. The standard InChI is InChI=1S/C17H24N2O3/c1-5-19(9-13(2)3)17(20)11-18(4)10-14-6-7-15-16(8-14)22-12-21-15/h6-8H,2,5,9-12H2,1,3-4H3. The summed E-state index contributed by atoms with van der Waals surface area (Å²) in [7, 11) is 1.94. The number of benzene rings is 1. The highest BCUT2D eigenvalue weighted by atomic mass is 16.7. The van der Waals surface area contributed by atoms with Crippen LogP contribution in [0, 0.1) is 0 Å². The van der Waals surface area contributed by atoms with Crippen molar-refractivity contribution in [2.45, 2.75) is 20.4 Å². The number of rotatable bonds is 7. The Labute approximate surface area is 132 Å². The fourth-order valence-corrected chi connectivity index (χ4v) is 2.44. The number of carbonyl (C=O) groups is 1. The first-order valence-electron chi connectivity index (χ1n) is 7.48. The molecule has 1 aliphatic rings. The second kappa shape index (κ2) is 7.31. The van der Waals surface area contributed by atoms with Gasteiger partial charge in [0.15, 0.2) is 11.5 Å². The van der Waals surface area contributed by atoms with Crippen LogP contribution in [0.4, 0.5) is 0 Å². The second-order valence-corrected chi connectivity index (χ2v) is 5.72. The van der Waals surface area contributed by atoms with Crippen molar-refractivity contribution in [1.29, 1.82) is 0 Å². The number of ether oxygens (including phenoxy) is 2. The van der Waals surface area contributed by atoms with Gasteiger partial charge in [0.25, 0.3) is 0 Å². The Morgan fingerprint density at radius 3 is 2.68 bits per heavy atom. The van der Waals surface area contributed by atoms with Crippen molar-refractivity contribution in [1.82, 2.24) is 9.80 Å². The van der Waals surface area contributed by atoms with Crippen LogP contribution in [0.2, 0.25) is 0 Å². The van der Waals surface area contributed by atoms with E-state index in [0.29, 0.717) is 26.2 Å². The first-order valence-corrected chi connectivity index (χ1v) is 7.48. The number of amides is 1. The molecule has 0 unspecified atom stereocenters. The monoisotopic (exact) mass is 304 g/mol. The molecule has 0 spiro atoms. The molecule has 0 saturated carbocycles. The van der Waals surface area contributed by atoms with Gasteiger partial charge in [-0.3, -0.25) is 9.69 Å². The van der Waals surface area contributed by atoms with Gasteiger partial charge in [0.2, 0.25) is 12.7 Å². The first-order chi connectivity index (χ1) is 10.5. The van der Waals surface area contributed by atoms with Crippen LogP contribution in [0.5, 0.6) is 11.5 Å². The van der Waals surface area contributed by atoms with Crippen molar-refractivity contribution < 1.29 is 14.3 Å². The first kappa shape index (κ1) is 16.4. The number of hydrogen-bond donors (Lipinski definition) is 0. The smallest absolute Gasteiger partial charge is 0.237 e. The van der Waals surface area contributed by atoms with Gasteiger partial charge in [0.1, 0.15) is 0 Å². The molecule has 1 aliphatic heterocycles. The van der Waals surface area contributed by atoms with Gasteiger partial charge in [-0.2, -0.15) is 0 Å². The second-order valence-electron chi connectivity index (χ2n) is 5.72. The van der Waals surface area contributed by atoms with Crippen molar-refractivity contribution in [3.05, 3.63) is 35.9 Å². The minimum absolute atomic E-state index is 0.119. The van der Waals surface area contributed by atoms with Gasteiger partial charge in [-0.15, -0.1) is 0 Å². The Morgan fingerprint density at radius 1 is 1.27 bits per heavy atom. The molecule has 120 valence electrons. The average Bonchev–Trinajstić information content (AvgIpc) is 2.91. The van der Waals surface area contributed by atoms with Gasteiger partial charge < -0.3 is 14.4 Å². The summed E-state index contributed by atoms with van der Waals surface area (Å²) in [6.07, 6.45) is 0. The molecule has 1 heterocycles. The van der Waals surface area contributed by atoms with Gasteiger partial charge in [-0.05, 0) is 38.6 Å². The number of nitrogens with zero attached hydrogens (tertiary/aromatic N) is 2. The molecule has 1 aromatic carbocycles. The van der Waals surface area contributed by atoms with Crippen molar-refractivity contribution in [2.24, 2.45) is 0 Å². The van der Waals surface area contributed by atoms with E-state index in [1.54, 1.807) is 0 Å².